The van der Waals surface area contributed by atoms with E-state index in [1.807, 2.05) is 30.6 Å². The lowest BCUT2D eigenvalue weighted by Gasteiger charge is -2.15. The summed E-state index contributed by atoms with van der Waals surface area (Å²) in [5, 5.41) is 4.33. The minimum absolute atomic E-state index is 0.363. The van der Waals surface area contributed by atoms with Gasteiger partial charge in [-0.25, -0.2) is 4.98 Å². The van der Waals surface area contributed by atoms with E-state index in [1.54, 1.807) is 0 Å². The van der Waals surface area contributed by atoms with Crippen molar-refractivity contribution in [3.8, 4) is 0 Å². The van der Waals surface area contributed by atoms with Gasteiger partial charge in [-0.2, -0.15) is 0 Å². The van der Waals surface area contributed by atoms with Crippen molar-refractivity contribution in [2.45, 2.75) is 39.4 Å². The minimum Gasteiger partial charge on any atom is -0.334 e. The maximum absolute atomic E-state index is 6.17. The van der Waals surface area contributed by atoms with Crippen LogP contribution >= 0.6 is 11.6 Å². The summed E-state index contributed by atoms with van der Waals surface area (Å²) < 4.78 is 2.15. The van der Waals surface area contributed by atoms with E-state index in [-0.39, 0.29) is 0 Å². The molecule has 2 aromatic rings. The first kappa shape index (κ1) is 14.1. The molecule has 2 rings (SSSR count). The molecule has 1 unspecified atom stereocenters. The number of hydrogen-bond acceptors (Lipinski definition) is 2. The van der Waals surface area contributed by atoms with Crippen LogP contribution < -0.4 is 5.32 Å². The highest BCUT2D eigenvalue weighted by atomic mass is 35.5. The average molecular weight is 278 g/mol. The van der Waals surface area contributed by atoms with Crippen LogP contribution in [0.2, 0.25) is 5.02 Å². The molecule has 102 valence electrons. The maximum Gasteiger partial charge on any atom is 0.122 e. The second kappa shape index (κ2) is 6.73. The zero-order valence-corrected chi connectivity index (χ0v) is 12.2. The Hall–Kier alpha value is -1.32. The summed E-state index contributed by atoms with van der Waals surface area (Å²) in [7, 11) is 0. The highest BCUT2D eigenvalue weighted by molar-refractivity contribution is 6.31. The number of aryl methyl sites for hydroxylation is 1. The number of aromatic nitrogens is 2. The third-order valence-corrected chi connectivity index (χ3v) is 3.60. The van der Waals surface area contributed by atoms with E-state index in [0.29, 0.717) is 6.04 Å². The van der Waals surface area contributed by atoms with Gasteiger partial charge in [-0.3, -0.25) is 0 Å². The van der Waals surface area contributed by atoms with Crippen LogP contribution in [0.3, 0.4) is 0 Å². The molecule has 0 radical (unpaired) electrons. The van der Waals surface area contributed by atoms with Gasteiger partial charge in [-0.15, -0.1) is 0 Å². The summed E-state index contributed by atoms with van der Waals surface area (Å²) >= 11 is 6.17. The van der Waals surface area contributed by atoms with Crippen molar-refractivity contribution in [3.05, 3.63) is 53.1 Å². The van der Waals surface area contributed by atoms with Crippen molar-refractivity contribution >= 4 is 11.6 Å². The fraction of sp³-hybridized carbons (Fsp3) is 0.400. The molecule has 3 nitrogen and oxygen atoms in total. The van der Waals surface area contributed by atoms with E-state index in [4.69, 9.17) is 11.6 Å². The molecule has 1 N–H and O–H groups in total. The Kier molecular flexibility index (Phi) is 5.00. The van der Waals surface area contributed by atoms with Crippen LogP contribution in [0.1, 0.15) is 25.2 Å². The quantitative estimate of drug-likeness (QED) is 0.878. The fourth-order valence-electron chi connectivity index (χ4n) is 2.13. The van der Waals surface area contributed by atoms with Crippen LogP contribution in [0.15, 0.2) is 36.7 Å². The number of hydrogen-bond donors (Lipinski definition) is 1. The standard InChI is InChI=1S/C15H20ClN3/c1-3-19-9-8-17-15(19)11-18-12(2)10-13-6-4-5-7-14(13)16/h4-9,12,18H,3,10-11H2,1-2H3. The van der Waals surface area contributed by atoms with E-state index >= 15 is 0 Å². The Bertz CT molecular complexity index is 522. The number of nitrogens with zero attached hydrogens (tertiary/aromatic N) is 2. The van der Waals surface area contributed by atoms with Crippen molar-refractivity contribution in [3.63, 3.8) is 0 Å². The fourth-order valence-corrected chi connectivity index (χ4v) is 2.34. The van der Waals surface area contributed by atoms with Gasteiger partial charge in [-0.05, 0) is 31.9 Å². The largest absolute Gasteiger partial charge is 0.334 e. The number of imidazole rings is 1. The highest BCUT2D eigenvalue weighted by Gasteiger charge is 2.07. The van der Waals surface area contributed by atoms with Crippen LogP contribution in [0, 0.1) is 0 Å². The lowest BCUT2D eigenvalue weighted by molar-refractivity contribution is 0.519. The molecular weight excluding hydrogens is 258 g/mol. The molecule has 0 fully saturated rings. The van der Waals surface area contributed by atoms with Crippen LogP contribution in [-0.4, -0.2) is 15.6 Å². The third kappa shape index (κ3) is 3.82. The third-order valence-electron chi connectivity index (χ3n) is 3.23. The van der Waals surface area contributed by atoms with Gasteiger partial charge in [0.1, 0.15) is 5.82 Å². The molecule has 0 aliphatic heterocycles. The first-order valence-electron chi connectivity index (χ1n) is 6.67. The van der Waals surface area contributed by atoms with Crippen molar-refractivity contribution < 1.29 is 0 Å². The predicted octanol–water partition coefficient (Wildman–Crippen LogP) is 3.28. The molecule has 4 heteroatoms. The normalized spacial score (nSPS) is 12.6. The molecule has 0 aliphatic rings. The van der Waals surface area contributed by atoms with Crippen molar-refractivity contribution in [1.82, 2.24) is 14.9 Å². The summed E-state index contributed by atoms with van der Waals surface area (Å²) in [6.45, 7) is 6.03. The first-order chi connectivity index (χ1) is 9.20. The SMILES string of the molecule is CCn1ccnc1CNC(C)Cc1ccccc1Cl. The second-order valence-electron chi connectivity index (χ2n) is 4.71. The molecule has 0 saturated carbocycles. The Morgan fingerprint density at radius 3 is 2.89 bits per heavy atom. The Balaban J connectivity index is 1.88. The molecule has 0 spiro atoms. The zero-order chi connectivity index (χ0) is 13.7. The molecule has 0 aliphatic carbocycles. The lowest BCUT2D eigenvalue weighted by atomic mass is 10.1. The molecule has 1 atom stereocenters. The Morgan fingerprint density at radius 2 is 2.16 bits per heavy atom. The lowest BCUT2D eigenvalue weighted by Crippen LogP contribution is -2.29. The first-order valence-corrected chi connectivity index (χ1v) is 7.05. The highest BCUT2D eigenvalue weighted by Crippen LogP contribution is 2.16. The number of nitrogens with one attached hydrogen (secondary N) is 1. The zero-order valence-electron chi connectivity index (χ0n) is 11.4. The second-order valence-corrected chi connectivity index (χ2v) is 5.11. The van der Waals surface area contributed by atoms with Gasteiger partial charge in [0.15, 0.2) is 0 Å². The van der Waals surface area contributed by atoms with E-state index in [9.17, 15) is 0 Å². The van der Waals surface area contributed by atoms with E-state index < -0.39 is 0 Å². The molecule has 19 heavy (non-hydrogen) atoms. The summed E-state index contributed by atoms with van der Waals surface area (Å²) in [4.78, 5) is 4.36. The van der Waals surface area contributed by atoms with Gasteiger partial charge in [0, 0.05) is 30.0 Å². The Morgan fingerprint density at radius 1 is 1.37 bits per heavy atom. The monoisotopic (exact) mass is 277 g/mol. The van der Waals surface area contributed by atoms with Crippen molar-refractivity contribution in [1.29, 1.82) is 0 Å². The number of halogens is 1. The summed E-state index contributed by atoms with van der Waals surface area (Å²) in [6, 6.07) is 8.36. The smallest absolute Gasteiger partial charge is 0.122 e. The molecule has 1 aromatic carbocycles. The number of benzene rings is 1. The van der Waals surface area contributed by atoms with Crippen molar-refractivity contribution in [2.75, 3.05) is 0 Å². The molecule has 1 heterocycles. The van der Waals surface area contributed by atoms with Gasteiger partial charge in [0.2, 0.25) is 0 Å². The molecular formula is C15H20ClN3. The average Bonchev–Trinajstić information content (AvgIpc) is 2.86. The van der Waals surface area contributed by atoms with Crippen molar-refractivity contribution in [2.24, 2.45) is 0 Å². The molecule has 0 saturated heterocycles. The minimum atomic E-state index is 0.363. The summed E-state index contributed by atoms with van der Waals surface area (Å²) in [5.74, 6) is 1.08. The van der Waals surface area contributed by atoms with Gasteiger partial charge < -0.3 is 9.88 Å². The molecule has 0 amide bonds. The number of rotatable bonds is 6. The molecule has 1 aromatic heterocycles. The predicted molar refractivity (Wildman–Crippen MR) is 79.4 cm³/mol. The van der Waals surface area contributed by atoms with Gasteiger partial charge in [-0.1, -0.05) is 29.8 Å². The van der Waals surface area contributed by atoms with Gasteiger partial charge in [0.25, 0.3) is 0 Å². The topological polar surface area (TPSA) is 29.9 Å². The van der Waals surface area contributed by atoms with E-state index in [1.165, 1.54) is 5.56 Å². The molecule has 0 bridgehead atoms. The van der Waals surface area contributed by atoms with E-state index in [0.717, 1.165) is 30.4 Å². The van der Waals surface area contributed by atoms with Crippen LogP contribution in [0.4, 0.5) is 0 Å². The van der Waals surface area contributed by atoms with E-state index in [2.05, 4.69) is 34.8 Å². The van der Waals surface area contributed by atoms with Crippen LogP contribution in [-0.2, 0) is 19.5 Å². The summed E-state index contributed by atoms with van der Waals surface area (Å²) in [5.41, 5.74) is 1.18. The van der Waals surface area contributed by atoms with Gasteiger partial charge in [0.05, 0.1) is 6.54 Å². The maximum atomic E-state index is 6.17. The summed E-state index contributed by atoms with van der Waals surface area (Å²) in [6.07, 6.45) is 4.78. The van der Waals surface area contributed by atoms with Crippen LogP contribution in [0.5, 0.6) is 0 Å². The Labute approximate surface area is 119 Å². The van der Waals surface area contributed by atoms with Gasteiger partial charge >= 0.3 is 0 Å². The van der Waals surface area contributed by atoms with Crippen LogP contribution in [0.25, 0.3) is 0 Å².